The maximum absolute atomic E-state index is 12.9. The number of carbonyl (C=O) groups excluding carboxylic acids is 2. The van der Waals surface area contributed by atoms with E-state index in [2.05, 4.69) is 17.4 Å². The molecule has 1 N–H and O–H groups in total. The minimum atomic E-state index is -0.454. The molecule has 5 heteroatoms. The monoisotopic (exact) mass is 370 g/mol. The molecule has 0 saturated heterocycles. The number of hydrogen-bond donors (Lipinski definition) is 1. The first-order chi connectivity index (χ1) is 12.7. The van der Waals surface area contributed by atoms with E-state index in [-0.39, 0.29) is 11.8 Å². The number of thioether (sulfide) groups is 1. The van der Waals surface area contributed by atoms with E-state index in [1.54, 1.807) is 23.7 Å². The molecule has 4 nitrogen and oxygen atoms in total. The number of rotatable bonds is 9. The quantitative estimate of drug-likeness (QED) is 0.735. The first-order valence-electron chi connectivity index (χ1n) is 8.82. The summed E-state index contributed by atoms with van der Waals surface area (Å²) in [5.41, 5.74) is 2.22. The van der Waals surface area contributed by atoms with Crippen molar-refractivity contribution in [2.24, 2.45) is 0 Å². The van der Waals surface area contributed by atoms with Gasteiger partial charge in [-0.05, 0) is 17.5 Å². The fraction of sp³-hybridized carbons (Fsp3) is 0.333. The minimum Gasteiger partial charge on any atom is -0.357 e. The average Bonchev–Trinajstić information content (AvgIpc) is 2.69. The maximum Gasteiger partial charge on any atom is 0.242 e. The van der Waals surface area contributed by atoms with E-state index in [9.17, 15) is 9.59 Å². The smallest absolute Gasteiger partial charge is 0.242 e. The second-order valence-corrected chi connectivity index (χ2v) is 7.01. The second kappa shape index (κ2) is 10.7. The summed E-state index contributed by atoms with van der Waals surface area (Å²) < 4.78 is 0. The highest BCUT2D eigenvalue weighted by Crippen LogP contribution is 2.17. The predicted molar refractivity (Wildman–Crippen MR) is 108 cm³/mol. The third-order valence-corrected chi connectivity index (χ3v) is 5.15. The lowest BCUT2D eigenvalue weighted by Gasteiger charge is -2.30. The summed E-state index contributed by atoms with van der Waals surface area (Å²) in [6, 6.07) is 19.4. The van der Waals surface area contributed by atoms with Crippen LogP contribution in [0.3, 0.4) is 0 Å². The molecule has 0 heterocycles. The molecule has 0 saturated carbocycles. The molecule has 138 valence electrons. The number of nitrogens with one attached hydrogen (secondary N) is 1. The molecule has 0 fully saturated rings. The number of carbonyl (C=O) groups is 2. The third-order valence-electron chi connectivity index (χ3n) is 4.17. The van der Waals surface area contributed by atoms with Crippen LogP contribution in [0.1, 0.15) is 24.5 Å². The van der Waals surface area contributed by atoms with Crippen molar-refractivity contribution in [1.82, 2.24) is 10.2 Å². The Bertz CT molecular complexity index is 692. The molecule has 0 aliphatic heterocycles. The van der Waals surface area contributed by atoms with Gasteiger partial charge in [0.05, 0.1) is 5.75 Å². The normalized spacial score (nSPS) is 11.6. The van der Waals surface area contributed by atoms with Crippen molar-refractivity contribution in [3.63, 3.8) is 0 Å². The van der Waals surface area contributed by atoms with Crippen LogP contribution in [-0.2, 0) is 21.9 Å². The molecule has 1 atom stereocenters. The second-order valence-electron chi connectivity index (χ2n) is 6.02. The molecule has 0 aliphatic rings. The number of nitrogens with zero attached hydrogens (tertiary/aromatic N) is 1. The van der Waals surface area contributed by atoms with Crippen LogP contribution in [0.4, 0.5) is 0 Å². The van der Waals surface area contributed by atoms with Crippen LogP contribution in [0.25, 0.3) is 0 Å². The molecule has 2 aromatic carbocycles. The van der Waals surface area contributed by atoms with Crippen LogP contribution in [0.5, 0.6) is 0 Å². The zero-order valence-electron chi connectivity index (χ0n) is 15.4. The molecule has 0 bridgehead atoms. The molecule has 2 aromatic rings. The summed E-state index contributed by atoms with van der Waals surface area (Å²) in [5.74, 6) is 1.01. The Labute approximate surface area is 160 Å². The van der Waals surface area contributed by atoms with E-state index in [1.165, 1.54) is 5.56 Å². The van der Waals surface area contributed by atoms with Crippen molar-refractivity contribution >= 4 is 23.6 Å². The van der Waals surface area contributed by atoms with E-state index in [0.717, 1.165) is 11.3 Å². The van der Waals surface area contributed by atoms with Gasteiger partial charge in [-0.3, -0.25) is 9.59 Å². The Morgan fingerprint density at radius 3 is 2.12 bits per heavy atom. The molecule has 26 heavy (non-hydrogen) atoms. The molecule has 0 unspecified atom stereocenters. The zero-order chi connectivity index (χ0) is 18.8. The van der Waals surface area contributed by atoms with Gasteiger partial charge in [0.25, 0.3) is 0 Å². The van der Waals surface area contributed by atoms with Gasteiger partial charge in [-0.15, -0.1) is 11.8 Å². The Morgan fingerprint density at radius 1 is 1.00 bits per heavy atom. The van der Waals surface area contributed by atoms with Gasteiger partial charge in [-0.2, -0.15) is 0 Å². The summed E-state index contributed by atoms with van der Waals surface area (Å²) >= 11 is 1.58. The number of amides is 2. The molecule has 0 radical (unpaired) electrons. The molecule has 2 amide bonds. The first-order valence-corrected chi connectivity index (χ1v) is 9.97. The highest BCUT2D eigenvalue weighted by molar-refractivity contribution is 7.99. The third kappa shape index (κ3) is 5.92. The predicted octanol–water partition coefficient (Wildman–Crippen LogP) is 3.47. The first kappa shape index (κ1) is 20.0. The van der Waals surface area contributed by atoms with Crippen LogP contribution in [0, 0.1) is 0 Å². The molecule has 0 spiro atoms. The average molecular weight is 371 g/mol. The Hall–Kier alpha value is -2.27. The largest absolute Gasteiger partial charge is 0.357 e. The summed E-state index contributed by atoms with van der Waals surface area (Å²) in [6.07, 6.45) is 0.585. The van der Waals surface area contributed by atoms with Gasteiger partial charge in [0.1, 0.15) is 6.04 Å². The summed E-state index contributed by atoms with van der Waals surface area (Å²) in [5, 5.41) is 2.68. The molecular formula is C21H26N2O2S. The number of likely N-dealkylation sites (N-methyl/N-ethyl adjacent to an activating group) is 1. The molecular weight excluding hydrogens is 344 g/mol. The van der Waals surface area contributed by atoms with E-state index in [1.807, 2.05) is 55.5 Å². The lowest BCUT2D eigenvalue weighted by atomic mass is 10.1. The zero-order valence-corrected chi connectivity index (χ0v) is 16.2. The van der Waals surface area contributed by atoms with Crippen molar-refractivity contribution in [1.29, 1.82) is 0 Å². The van der Waals surface area contributed by atoms with Crippen molar-refractivity contribution < 1.29 is 9.59 Å². The van der Waals surface area contributed by atoms with Gasteiger partial charge in [0, 0.05) is 19.3 Å². The van der Waals surface area contributed by atoms with E-state index < -0.39 is 6.04 Å². The fourth-order valence-corrected chi connectivity index (χ4v) is 3.65. The van der Waals surface area contributed by atoms with Gasteiger partial charge in [-0.1, -0.05) is 67.6 Å². The van der Waals surface area contributed by atoms with Crippen molar-refractivity contribution in [3.05, 3.63) is 71.8 Å². The minimum absolute atomic E-state index is 0.00904. The number of hydrogen-bond acceptors (Lipinski definition) is 3. The molecule has 0 aromatic heterocycles. The lowest BCUT2D eigenvalue weighted by Crippen LogP contribution is -2.48. The van der Waals surface area contributed by atoms with Gasteiger partial charge in [0.15, 0.2) is 0 Å². The van der Waals surface area contributed by atoms with Gasteiger partial charge in [0.2, 0.25) is 11.8 Å². The van der Waals surface area contributed by atoms with E-state index in [4.69, 9.17) is 0 Å². The summed E-state index contributed by atoms with van der Waals surface area (Å²) in [4.78, 5) is 26.8. The SMILES string of the molecule is CC[C@@H](C(=O)NC)N(Cc1ccccc1)C(=O)CSCc1ccccc1. The summed E-state index contributed by atoms with van der Waals surface area (Å²) in [7, 11) is 1.61. The van der Waals surface area contributed by atoms with Crippen LogP contribution in [-0.4, -0.2) is 35.6 Å². The Balaban J connectivity index is 2.05. The molecule has 2 rings (SSSR count). The Morgan fingerprint density at radius 2 is 1.58 bits per heavy atom. The van der Waals surface area contributed by atoms with Crippen molar-refractivity contribution in [2.45, 2.75) is 31.7 Å². The van der Waals surface area contributed by atoms with E-state index in [0.29, 0.717) is 18.7 Å². The fourth-order valence-electron chi connectivity index (χ4n) is 2.78. The van der Waals surface area contributed by atoms with Crippen molar-refractivity contribution in [2.75, 3.05) is 12.8 Å². The van der Waals surface area contributed by atoms with Crippen LogP contribution < -0.4 is 5.32 Å². The summed E-state index contributed by atoms with van der Waals surface area (Å²) in [6.45, 7) is 2.37. The van der Waals surface area contributed by atoms with Crippen LogP contribution in [0.2, 0.25) is 0 Å². The highest BCUT2D eigenvalue weighted by atomic mass is 32.2. The lowest BCUT2D eigenvalue weighted by molar-refractivity contribution is -0.139. The van der Waals surface area contributed by atoms with Gasteiger partial charge in [-0.25, -0.2) is 0 Å². The van der Waals surface area contributed by atoms with Crippen molar-refractivity contribution in [3.8, 4) is 0 Å². The van der Waals surface area contributed by atoms with Crippen LogP contribution in [0.15, 0.2) is 60.7 Å². The molecule has 0 aliphatic carbocycles. The van der Waals surface area contributed by atoms with Gasteiger partial charge >= 0.3 is 0 Å². The number of benzene rings is 2. The maximum atomic E-state index is 12.9. The van der Waals surface area contributed by atoms with Crippen LogP contribution >= 0.6 is 11.8 Å². The highest BCUT2D eigenvalue weighted by Gasteiger charge is 2.27. The topological polar surface area (TPSA) is 49.4 Å². The van der Waals surface area contributed by atoms with Gasteiger partial charge < -0.3 is 10.2 Å². The standard InChI is InChI=1S/C21H26N2O2S/c1-3-19(21(25)22-2)23(14-17-10-6-4-7-11-17)20(24)16-26-15-18-12-8-5-9-13-18/h4-13,19H,3,14-16H2,1-2H3,(H,22,25)/t19-/m0/s1. The van der Waals surface area contributed by atoms with E-state index >= 15 is 0 Å². The Kier molecular flexibility index (Phi) is 8.22.